The van der Waals surface area contributed by atoms with E-state index in [1.165, 1.54) is 0 Å². The molecule has 142 valence electrons. The van der Waals surface area contributed by atoms with Gasteiger partial charge in [-0.25, -0.2) is 0 Å². The first-order valence-corrected chi connectivity index (χ1v) is 10.8. The van der Waals surface area contributed by atoms with Crippen LogP contribution in [-0.4, -0.2) is 51.9 Å². The fraction of sp³-hybridized carbons (Fsp3) is 0.600. The number of rotatable bonds is 4. The summed E-state index contributed by atoms with van der Waals surface area (Å²) in [5, 5.41) is -0.639. The smallest absolute Gasteiger partial charge is 0.245 e. The minimum Gasteiger partial charge on any atom is -0.341 e. The zero-order chi connectivity index (χ0) is 18.7. The minimum atomic E-state index is -0.639. The van der Waals surface area contributed by atoms with Crippen molar-refractivity contribution in [2.24, 2.45) is 5.92 Å². The van der Waals surface area contributed by atoms with Gasteiger partial charge in [-0.1, -0.05) is 44.2 Å². The number of carbonyl (C=O) groups excluding carboxylic acids is 2. The normalized spacial score (nSPS) is 20.6. The van der Waals surface area contributed by atoms with Crippen molar-refractivity contribution >= 4 is 35.2 Å². The maximum Gasteiger partial charge on any atom is 0.245 e. The van der Waals surface area contributed by atoms with E-state index in [9.17, 15) is 9.59 Å². The number of likely N-dealkylation sites (tertiary alicyclic amines) is 1. The van der Waals surface area contributed by atoms with Crippen molar-refractivity contribution < 1.29 is 9.59 Å². The molecule has 0 bridgehead atoms. The van der Waals surface area contributed by atoms with Crippen LogP contribution >= 0.6 is 23.4 Å². The molecule has 1 aromatic carbocycles. The van der Waals surface area contributed by atoms with Gasteiger partial charge in [0.1, 0.15) is 5.38 Å². The Morgan fingerprint density at radius 3 is 2.42 bits per heavy atom. The van der Waals surface area contributed by atoms with E-state index >= 15 is 0 Å². The number of hydrogen-bond donors (Lipinski definition) is 0. The van der Waals surface area contributed by atoms with Crippen LogP contribution in [0.15, 0.2) is 30.3 Å². The average molecular weight is 395 g/mol. The summed E-state index contributed by atoms with van der Waals surface area (Å²) < 4.78 is 0. The number of benzene rings is 1. The minimum absolute atomic E-state index is 0.0317. The van der Waals surface area contributed by atoms with Crippen molar-refractivity contribution in [3.05, 3.63) is 35.9 Å². The van der Waals surface area contributed by atoms with Gasteiger partial charge in [0.15, 0.2) is 0 Å². The Kier molecular flexibility index (Phi) is 6.18. The molecule has 4 nitrogen and oxygen atoms in total. The van der Waals surface area contributed by atoms with Gasteiger partial charge in [-0.05, 0) is 24.3 Å². The summed E-state index contributed by atoms with van der Waals surface area (Å²) in [4.78, 5) is 29.2. The standard InChI is InChI=1S/C20H27ClN2O2S/c1-15(2)14-17(24)23-12-13-26-20(23)8-10-22(11-9-20)19(25)18(21)16-6-4-3-5-7-16/h3-7,15,18H,8-14H2,1-2H3/t18-/m1/s1. The number of halogens is 1. The second-order valence-corrected chi connectivity index (χ2v) is 9.43. The highest BCUT2D eigenvalue weighted by Gasteiger charge is 2.47. The van der Waals surface area contributed by atoms with Gasteiger partial charge in [-0.15, -0.1) is 23.4 Å². The summed E-state index contributed by atoms with van der Waals surface area (Å²) >= 11 is 8.30. The van der Waals surface area contributed by atoms with Crippen molar-refractivity contribution in [3.63, 3.8) is 0 Å². The molecule has 0 aliphatic carbocycles. The molecule has 1 spiro atoms. The Morgan fingerprint density at radius 1 is 1.15 bits per heavy atom. The maximum absolute atomic E-state index is 12.8. The van der Waals surface area contributed by atoms with E-state index in [0.29, 0.717) is 25.4 Å². The topological polar surface area (TPSA) is 40.6 Å². The van der Waals surface area contributed by atoms with Gasteiger partial charge in [0.25, 0.3) is 0 Å². The monoisotopic (exact) mass is 394 g/mol. The van der Waals surface area contributed by atoms with Crippen LogP contribution in [-0.2, 0) is 9.59 Å². The van der Waals surface area contributed by atoms with Crippen molar-refractivity contribution in [1.29, 1.82) is 0 Å². The number of amides is 2. The summed E-state index contributed by atoms with van der Waals surface area (Å²) in [6.07, 6.45) is 2.25. The maximum atomic E-state index is 12.8. The Morgan fingerprint density at radius 2 is 1.81 bits per heavy atom. The molecule has 2 aliphatic rings. The van der Waals surface area contributed by atoms with Gasteiger partial charge in [-0.2, -0.15) is 0 Å². The van der Waals surface area contributed by atoms with E-state index in [-0.39, 0.29) is 16.7 Å². The predicted octanol–water partition coefficient (Wildman–Crippen LogP) is 3.91. The molecule has 1 atom stereocenters. The lowest BCUT2D eigenvalue weighted by molar-refractivity contribution is -0.137. The van der Waals surface area contributed by atoms with E-state index in [0.717, 1.165) is 30.7 Å². The summed E-state index contributed by atoms with van der Waals surface area (Å²) in [5.41, 5.74) is 0.837. The molecular weight excluding hydrogens is 368 g/mol. The largest absolute Gasteiger partial charge is 0.341 e. The highest BCUT2D eigenvalue weighted by molar-refractivity contribution is 8.00. The van der Waals surface area contributed by atoms with E-state index in [4.69, 9.17) is 11.6 Å². The average Bonchev–Trinajstić information content (AvgIpc) is 3.04. The van der Waals surface area contributed by atoms with Crippen LogP contribution in [0.3, 0.4) is 0 Å². The lowest BCUT2D eigenvalue weighted by atomic mass is 9.99. The molecule has 0 unspecified atom stereocenters. The Balaban J connectivity index is 1.63. The third kappa shape index (κ3) is 4.04. The zero-order valence-corrected chi connectivity index (χ0v) is 17.1. The van der Waals surface area contributed by atoms with Crippen molar-refractivity contribution in [3.8, 4) is 0 Å². The number of alkyl halides is 1. The highest BCUT2D eigenvalue weighted by atomic mass is 35.5. The zero-order valence-electron chi connectivity index (χ0n) is 15.5. The molecule has 6 heteroatoms. The number of thioether (sulfide) groups is 1. The molecule has 0 N–H and O–H groups in total. The van der Waals surface area contributed by atoms with Crippen LogP contribution in [0.1, 0.15) is 44.1 Å². The van der Waals surface area contributed by atoms with E-state index in [1.54, 1.807) is 0 Å². The number of nitrogens with zero attached hydrogens (tertiary/aromatic N) is 2. The first kappa shape index (κ1) is 19.6. The van der Waals surface area contributed by atoms with Gasteiger partial charge in [0.2, 0.25) is 11.8 Å². The van der Waals surface area contributed by atoms with Crippen LogP contribution in [0, 0.1) is 5.92 Å². The molecule has 2 aliphatic heterocycles. The first-order valence-electron chi connectivity index (χ1n) is 9.35. The van der Waals surface area contributed by atoms with Gasteiger partial charge in [0.05, 0.1) is 4.87 Å². The number of carbonyl (C=O) groups is 2. The van der Waals surface area contributed by atoms with Crippen molar-refractivity contribution in [1.82, 2.24) is 9.80 Å². The molecular formula is C20H27ClN2O2S. The highest BCUT2D eigenvalue weighted by Crippen LogP contribution is 2.44. The first-order chi connectivity index (χ1) is 12.4. The molecule has 0 saturated carbocycles. The van der Waals surface area contributed by atoms with Crippen LogP contribution in [0.5, 0.6) is 0 Å². The van der Waals surface area contributed by atoms with Crippen LogP contribution < -0.4 is 0 Å². The fourth-order valence-corrected chi connectivity index (χ4v) is 5.59. The molecule has 1 aromatic rings. The summed E-state index contributed by atoms with van der Waals surface area (Å²) in [5.74, 6) is 1.58. The van der Waals surface area contributed by atoms with Gasteiger partial charge >= 0.3 is 0 Å². The van der Waals surface area contributed by atoms with E-state index in [1.807, 2.05) is 47.0 Å². The second-order valence-electron chi connectivity index (χ2n) is 7.54. The molecule has 0 aromatic heterocycles. The molecule has 0 radical (unpaired) electrons. The lowest BCUT2D eigenvalue weighted by Crippen LogP contribution is -2.54. The summed E-state index contributed by atoms with van der Waals surface area (Å²) in [7, 11) is 0. The number of hydrogen-bond acceptors (Lipinski definition) is 3. The van der Waals surface area contributed by atoms with E-state index < -0.39 is 5.38 Å². The Labute approximate surface area is 165 Å². The van der Waals surface area contributed by atoms with Gasteiger partial charge < -0.3 is 9.80 Å². The van der Waals surface area contributed by atoms with Gasteiger partial charge in [-0.3, -0.25) is 9.59 Å². The molecule has 3 rings (SSSR count). The molecule has 2 fully saturated rings. The third-order valence-electron chi connectivity index (χ3n) is 5.23. The van der Waals surface area contributed by atoms with Crippen molar-refractivity contribution in [2.45, 2.75) is 43.4 Å². The Hall–Kier alpha value is -1.20. The number of piperidine rings is 1. The molecule has 2 amide bonds. The van der Waals surface area contributed by atoms with Gasteiger partial charge in [0, 0.05) is 31.8 Å². The Bertz CT molecular complexity index is 644. The summed E-state index contributed by atoms with van der Waals surface area (Å²) in [6, 6.07) is 9.50. The lowest BCUT2D eigenvalue weighted by Gasteiger charge is -2.44. The molecule has 2 saturated heterocycles. The van der Waals surface area contributed by atoms with E-state index in [2.05, 4.69) is 18.7 Å². The van der Waals surface area contributed by atoms with Crippen LogP contribution in [0.25, 0.3) is 0 Å². The third-order valence-corrected chi connectivity index (χ3v) is 7.22. The molecule has 2 heterocycles. The fourth-order valence-electron chi connectivity index (χ4n) is 3.84. The van der Waals surface area contributed by atoms with Crippen LogP contribution in [0.2, 0.25) is 0 Å². The summed E-state index contributed by atoms with van der Waals surface area (Å²) in [6.45, 7) is 6.31. The SMILES string of the molecule is CC(C)CC(=O)N1CCSC12CCN(C(=O)[C@H](Cl)c1ccccc1)CC2. The van der Waals surface area contributed by atoms with Crippen LogP contribution in [0.4, 0.5) is 0 Å². The van der Waals surface area contributed by atoms with Crippen molar-refractivity contribution in [2.75, 3.05) is 25.4 Å². The molecule has 26 heavy (non-hydrogen) atoms. The second kappa shape index (κ2) is 8.22. The predicted molar refractivity (Wildman–Crippen MR) is 107 cm³/mol. The quantitative estimate of drug-likeness (QED) is 0.727.